The summed E-state index contributed by atoms with van der Waals surface area (Å²) < 4.78 is 0. The van der Waals surface area contributed by atoms with E-state index in [2.05, 4.69) is 50.0 Å². The number of hydrogen-bond donors (Lipinski definition) is 1. The number of amides is 1. The van der Waals surface area contributed by atoms with E-state index in [1.165, 1.54) is 0 Å². The highest BCUT2D eigenvalue weighted by Gasteiger charge is 2.37. The smallest absolute Gasteiger partial charge is 0.241 e. The second-order valence-corrected chi connectivity index (χ2v) is 6.34. The molecule has 1 aliphatic rings. The number of carbonyl (C=O) groups excluding carboxylic acids is 1. The minimum atomic E-state index is 0.0492. The van der Waals surface area contributed by atoms with Gasteiger partial charge in [-0.25, -0.2) is 0 Å². The average Bonchev–Trinajstić information content (AvgIpc) is 2.57. The van der Waals surface area contributed by atoms with E-state index >= 15 is 0 Å². The highest BCUT2D eigenvalue weighted by molar-refractivity contribution is 5.84. The zero-order valence-corrected chi connectivity index (χ0v) is 13.3. The Morgan fingerprint density at radius 3 is 2.58 bits per heavy atom. The molecule has 2 atom stereocenters. The maximum absolute atomic E-state index is 12.4. The van der Waals surface area contributed by atoms with Crippen molar-refractivity contribution in [3.63, 3.8) is 0 Å². The summed E-state index contributed by atoms with van der Waals surface area (Å²) in [6.45, 7) is 8.49. The maximum atomic E-state index is 12.4. The van der Waals surface area contributed by atoms with Crippen molar-refractivity contribution in [2.75, 3.05) is 27.2 Å². The van der Waals surface area contributed by atoms with E-state index in [-0.39, 0.29) is 12.2 Å². The first-order chi connectivity index (χ1) is 8.95. The molecule has 1 heterocycles. The van der Waals surface area contributed by atoms with Crippen LogP contribution in [0.1, 0.15) is 46.5 Å². The fourth-order valence-corrected chi connectivity index (χ4v) is 2.71. The van der Waals surface area contributed by atoms with Crippen LogP contribution in [0.15, 0.2) is 0 Å². The van der Waals surface area contributed by atoms with Crippen LogP contribution in [0, 0.1) is 5.92 Å². The van der Waals surface area contributed by atoms with Gasteiger partial charge in [-0.15, -0.1) is 0 Å². The number of rotatable bonds is 8. The number of hydrogen-bond acceptors (Lipinski definition) is 3. The van der Waals surface area contributed by atoms with Crippen LogP contribution < -0.4 is 5.32 Å². The lowest BCUT2D eigenvalue weighted by Crippen LogP contribution is -2.39. The fourth-order valence-electron chi connectivity index (χ4n) is 2.71. The molecule has 4 nitrogen and oxygen atoms in total. The molecule has 0 spiro atoms. The van der Waals surface area contributed by atoms with Crippen molar-refractivity contribution < 1.29 is 4.79 Å². The van der Waals surface area contributed by atoms with E-state index in [0.717, 1.165) is 38.8 Å². The first-order valence-electron chi connectivity index (χ1n) is 7.67. The summed E-state index contributed by atoms with van der Waals surface area (Å²) in [5, 5.41) is 3.52. The normalized spacial score (nSPS) is 23.9. The summed E-state index contributed by atoms with van der Waals surface area (Å²) in [6.07, 6.45) is 4.36. The molecule has 4 heteroatoms. The second-order valence-electron chi connectivity index (χ2n) is 6.34. The molecule has 112 valence electrons. The van der Waals surface area contributed by atoms with Gasteiger partial charge in [0.1, 0.15) is 0 Å². The highest BCUT2D eigenvalue weighted by Crippen LogP contribution is 2.20. The SMILES string of the molecule is CCCC1NC(CC(C)C)N(CCCN(C)C)C1=O. The van der Waals surface area contributed by atoms with Crippen molar-refractivity contribution in [2.45, 2.75) is 58.7 Å². The van der Waals surface area contributed by atoms with Crippen LogP contribution in [0.4, 0.5) is 0 Å². The van der Waals surface area contributed by atoms with Crippen LogP contribution in [0.25, 0.3) is 0 Å². The fraction of sp³-hybridized carbons (Fsp3) is 0.933. The Morgan fingerprint density at radius 1 is 1.37 bits per heavy atom. The Labute approximate surface area is 118 Å². The van der Waals surface area contributed by atoms with Crippen molar-refractivity contribution in [2.24, 2.45) is 5.92 Å². The zero-order valence-electron chi connectivity index (χ0n) is 13.3. The van der Waals surface area contributed by atoms with Gasteiger partial charge < -0.3 is 9.80 Å². The minimum absolute atomic E-state index is 0.0492. The van der Waals surface area contributed by atoms with Crippen molar-refractivity contribution >= 4 is 5.91 Å². The van der Waals surface area contributed by atoms with Gasteiger partial charge in [0, 0.05) is 6.54 Å². The Hall–Kier alpha value is -0.610. The van der Waals surface area contributed by atoms with Gasteiger partial charge in [0.05, 0.1) is 12.2 Å². The Balaban J connectivity index is 2.57. The van der Waals surface area contributed by atoms with Crippen LogP contribution in [-0.4, -0.2) is 55.1 Å². The van der Waals surface area contributed by atoms with E-state index in [0.29, 0.717) is 11.8 Å². The lowest BCUT2D eigenvalue weighted by Gasteiger charge is -2.26. The molecule has 1 fully saturated rings. The topological polar surface area (TPSA) is 35.6 Å². The molecule has 19 heavy (non-hydrogen) atoms. The highest BCUT2D eigenvalue weighted by atomic mass is 16.2. The molecular weight excluding hydrogens is 238 g/mol. The van der Waals surface area contributed by atoms with Gasteiger partial charge in [0.15, 0.2) is 0 Å². The molecule has 0 saturated carbocycles. The first-order valence-corrected chi connectivity index (χ1v) is 7.67. The van der Waals surface area contributed by atoms with Gasteiger partial charge in [0.2, 0.25) is 5.91 Å². The molecule has 0 bridgehead atoms. The van der Waals surface area contributed by atoms with Crippen LogP contribution in [0.3, 0.4) is 0 Å². The average molecular weight is 269 g/mol. The molecule has 0 aliphatic carbocycles. The lowest BCUT2D eigenvalue weighted by atomic mass is 10.1. The molecule has 2 unspecified atom stereocenters. The zero-order chi connectivity index (χ0) is 14.4. The Kier molecular flexibility index (Phi) is 6.80. The van der Waals surface area contributed by atoms with Crippen molar-refractivity contribution in [3.05, 3.63) is 0 Å². The third-order valence-corrected chi connectivity index (χ3v) is 3.63. The van der Waals surface area contributed by atoms with E-state index in [1.807, 2.05) is 0 Å². The maximum Gasteiger partial charge on any atom is 0.241 e. The number of nitrogens with zero attached hydrogens (tertiary/aromatic N) is 2. The quantitative estimate of drug-likeness (QED) is 0.731. The van der Waals surface area contributed by atoms with Crippen LogP contribution in [0.2, 0.25) is 0 Å². The molecule has 0 aromatic rings. The van der Waals surface area contributed by atoms with Gasteiger partial charge in [0.25, 0.3) is 0 Å². The monoisotopic (exact) mass is 269 g/mol. The minimum Gasteiger partial charge on any atom is -0.326 e. The Bertz CT molecular complexity index is 279. The van der Waals surface area contributed by atoms with Gasteiger partial charge >= 0.3 is 0 Å². The predicted molar refractivity (Wildman–Crippen MR) is 80.0 cm³/mol. The first kappa shape index (κ1) is 16.4. The molecule has 0 radical (unpaired) electrons. The van der Waals surface area contributed by atoms with Crippen molar-refractivity contribution in [1.29, 1.82) is 0 Å². The third kappa shape index (κ3) is 5.11. The van der Waals surface area contributed by atoms with Gasteiger partial charge in [-0.3, -0.25) is 10.1 Å². The molecule has 1 rings (SSSR count). The van der Waals surface area contributed by atoms with E-state index in [9.17, 15) is 4.79 Å². The van der Waals surface area contributed by atoms with Gasteiger partial charge in [-0.1, -0.05) is 27.2 Å². The second kappa shape index (κ2) is 7.85. The molecule has 1 N–H and O–H groups in total. The summed E-state index contributed by atoms with van der Waals surface area (Å²) in [7, 11) is 4.16. The number of carbonyl (C=O) groups is 1. The molecule has 1 saturated heterocycles. The molecular formula is C15H31N3O. The summed E-state index contributed by atoms with van der Waals surface area (Å²) >= 11 is 0. The molecule has 0 aromatic carbocycles. The van der Waals surface area contributed by atoms with E-state index in [1.54, 1.807) is 0 Å². The standard InChI is InChI=1S/C15H31N3O/c1-6-8-13-15(19)18(10-7-9-17(4)5)14(16-13)11-12(2)3/h12-14,16H,6-11H2,1-5H3. The van der Waals surface area contributed by atoms with Crippen LogP contribution >= 0.6 is 0 Å². The van der Waals surface area contributed by atoms with E-state index in [4.69, 9.17) is 0 Å². The summed E-state index contributed by atoms with van der Waals surface area (Å²) in [4.78, 5) is 16.7. The lowest BCUT2D eigenvalue weighted by molar-refractivity contribution is -0.130. The number of nitrogens with one attached hydrogen (secondary N) is 1. The third-order valence-electron chi connectivity index (χ3n) is 3.63. The Morgan fingerprint density at radius 2 is 2.05 bits per heavy atom. The van der Waals surface area contributed by atoms with Crippen LogP contribution in [0.5, 0.6) is 0 Å². The molecule has 1 amide bonds. The van der Waals surface area contributed by atoms with Gasteiger partial charge in [-0.2, -0.15) is 0 Å². The van der Waals surface area contributed by atoms with E-state index < -0.39 is 0 Å². The van der Waals surface area contributed by atoms with Crippen LogP contribution in [-0.2, 0) is 4.79 Å². The molecule has 0 aromatic heterocycles. The van der Waals surface area contributed by atoms with Crippen molar-refractivity contribution in [3.8, 4) is 0 Å². The largest absolute Gasteiger partial charge is 0.326 e. The predicted octanol–water partition coefficient (Wildman–Crippen LogP) is 1.91. The van der Waals surface area contributed by atoms with Crippen molar-refractivity contribution in [1.82, 2.24) is 15.1 Å². The summed E-state index contributed by atoms with van der Waals surface area (Å²) in [6, 6.07) is 0.0492. The summed E-state index contributed by atoms with van der Waals surface area (Å²) in [5.74, 6) is 0.924. The summed E-state index contributed by atoms with van der Waals surface area (Å²) in [5.41, 5.74) is 0. The molecule has 1 aliphatic heterocycles. The van der Waals surface area contributed by atoms with Gasteiger partial charge in [-0.05, 0) is 45.8 Å².